The zero-order valence-corrected chi connectivity index (χ0v) is 8.31. The molecule has 0 N–H and O–H groups in total. The van der Waals surface area contributed by atoms with Crippen molar-refractivity contribution in [2.24, 2.45) is 0 Å². The maximum absolute atomic E-state index is 13.2. The summed E-state index contributed by atoms with van der Waals surface area (Å²) in [6.45, 7) is 0. The SMILES string of the molecule is COc1ccc(N(C)CCl)cc1F. The Labute approximate surface area is 81.9 Å². The minimum atomic E-state index is -0.378. The Morgan fingerprint density at radius 2 is 2.23 bits per heavy atom. The second-order valence-electron chi connectivity index (χ2n) is 2.64. The van der Waals surface area contributed by atoms with Crippen molar-refractivity contribution in [2.45, 2.75) is 0 Å². The molecule has 1 aromatic rings. The highest BCUT2D eigenvalue weighted by atomic mass is 35.5. The summed E-state index contributed by atoms with van der Waals surface area (Å²) in [4.78, 5) is 1.73. The Balaban J connectivity index is 2.95. The van der Waals surface area contributed by atoms with Gasteiger partial charge in [0.2, 0.25) is 0 Å². The third-order valence-corrected chi connectivity index (χ3v) is 2.11. The topological polar surface area (TPSA) is 12.5 Å². The number of hydrogen-bond acceptors (Lipinski definition) is 2. The Morgan fingerprint density at radius 1 is 1.54 bits per heavy atom. The number of ether oxygens (including phenoxy) is 1. The Morgan fingerprint density at radius 3 is 2.69 bits per heavy atom. The van der Waals surface area contributed by atoms with Crippen molar-refractivity contribution < 1.29 is 9.13 Å². The van der Waals surface area contributed by atoms with Gasteiger partial charge in [-0.25, -0.2) is 4.39 Å². The summed E-state index contributed by atoms with van der Waals surface area (Å²) in [5.41, 5.74) is 0.730. The fourth-order valence-corrected chi connectivity index (χ4v) is 1.10. The van der Waals surface area contributed by atoms with Gasteiger partial charge in [-0.05, 0) is 12.1 Å². The zero-order chi connectivity index (χ0) is 9.84. The van der Waals surface area contributed by atoms with Gasteiger partial charge in [-0.15, -0.1) is 11.6 Å². The van der Waals surface area contributed by atoms with E-state index in [0.29, 0.717) is 6.00 Å². The Hall–Kier alpha value is -0.960. The van der Waals surface area contributed by atoms with Gasteiger partial charge in [-0.3, -0.25) is 0 Å². The predicted molar refractivity (Wildman–Crippen MR) is 52.1 cm³/mol. The summed E-state index contributed by atoms with van der Waals surface area (Å²) >= 11 is 5.58. The number of rotatable bonds is 3. The highest BCUT2D eigenvalue weighted by Gasteiger charge is 2.05. The van der Waals surface area contributed by atoms with Crippen LogP contribution in [0.5, 0.6) is 5.75 Å². The average molecular weight is 204 g/mol. The van der Waals surface area contributed by atoms with E-state index in [2.05, 4.69) is 0 Å². The van der Waals surface area contributed by atoms with Gasteiger partial charge < -0.3 is 9.64 Å². The van der Waals surface area contributed by atoms with Crippen LogP contribution in [0.25, 0.3) is 0 Å². The van der Waals surface area contributed by atoms with E-state index in [9.17, 15) is 4.39 Å². The summed E-state index contributed by atoms with van der Waals surface area (Å²) in [5, 5.41) is 0. The maximum Gasteiger partial charge on any atom is 0.167 e. The van der Waals surface area contributed by atoms with Gasteiger partial charge in [0.1, 0.15) is 0 Å². The molecular weight excluding hydrogens is 193 g/mol. The monoisotopic (exact) mass is 203 g/mol. The van der Waals surface area contributed by atoms with Crippen molar-refractivity contribution in [2.75, 3.05) is 25.1 Å². The van der Waals surface area contributed by atoms with Crippen LogP contribution in [-0.4, -0.2) is 20.2 Å². The van der Waals surface area contributed by atoms with E-state index in [0.717, 1.165) is 5.69 Å². The fraction of sp³-hybridized carbons (Fsp3) is 0.333. The number of methoxy groups -OCH3 is 1. The second kappa shape index (κ2) is 4.33. The molecule has 0 aliphatic carbocycles. The third-order valence-electron chi connectivity index (χ3n) is 1.76. The number of anilines is 1. The largest absolute Gasteiger partial charge is 0.494 e. The zero-order valence-electron chi connectivity index (χ0n) is 7.55. The highest BCUT2D eigenvalue weighted by molar-refractivity contribution is 6.18. The number of hydrogen-bond donors (Lipinski definition) is 0. The van der Waals surface area contributed by atoms with Crippen molar-refractivity contribution >= 4 is 17.3 Å². The summed E-state index contributed by atoms with van der Waals surface area (Å²) in [5.74, 6) is -0.135. The van der Waals surface area contributed by atoms with Crippen molar-refractivity contribution in [3.63, 3.8) is 0 Å². The lowest BCUT2D eigenvalue weighted by atomic mass is 10.3. The molecule has 0 unspecified atom stereocenters. The molecule has 13 heavy (non-hydrogen) atoms. The number of nitrogens with zero attached hydrogens (tertiary/aromatic N) is 1. The van der Waals surface area contributed by atoms with E-state index in [-0.39, 0.29) is 11.6 Å². The van der Waals surface area contributed by atoms with Crippen LogP contribution in [0.3, 0.4) is 0 Å². The van der Waals surface area contributed by atoms with E-state index in [1.807, 2.05) is 0 Å². The Kier molecular flexibility index (Phi) is 3.37. The molecule has 0 radical (unpaired) electrons. The van der Waals surface area contributed by atoms with Gasteiger partial charge in [0, 0.05) is 18.8 Å². The smallest absolute Gasteiger partial charge is 0.167 e. The standard InChI is InChI=1S/C9H11ClFNO/c1-12(6-10)7-3-4-9(13-2)8(11)5-7/h3-5H,6H2,1-2H3. The average Bonchev–Trinajstić information content (AvgIpc) is 2.16. The molecule has 2 nitrogen and oxygen atoms in total. The molecule has 0 fully saturated rings. The van der Waals surface area contributed by atoms with Crippen LogP contribution in [0.1, 0.15) is 0 Å². The van der Waals surface area contributed by atoms with E-state index >= 15 is 0 Å². The first-order valence-electron chi connectivity index (χ1n) is 3.79. The molecule has 72 valence electrons. The van der Waals surface area contributed by atoms with Crippen LogP contribution < -0.4 is 9.64 Å². The molecule has 0 saturated carbocycles. The van der Waals surface area contributed by atoms with Crippen molar-refractivity contribution in [3.8, 4) is 5.75 Å². The van der Waals surface area contributed by atoms with Crippen molar-refractivity contribution in [1.82, 2.24) is 0 Å². The van der Waals surface area contributed by atoms with Gasteiger partial charge in [-0.2, -0.15) is 0 Å². The van der Waals surface area contributed by atoms with Gasteiger partial charge in [0.15, 0.2) is 11.6 Å². The van der Waals surface area contributed by atoms with Gasteiger partial charge in [0.05, 0.1) is 13.1 Å². The first kappa shape index (κ1) is 10.1. The lowest BCUT2D eigenvalue weighted by Gasteiger charge is -2.15. The van der Waals surface area contributed by atoms with Crippen LogP contribution in [-0.2, 0) is 0 Å². The van der Waals surface area contributed by atoms with E-state index in [4.69, 9.17) is 16.3 Å². The second-order valence-corrected chi connectivity index (χ2v) is 2.88. The predicted octanol–water partition coefficient (Wildman–Crippen LogP) is 2.47. The first-order valence-corrected chi connectivity index (χ1v) is 4.33. The minimum Gasteiger partial charge on any atom is -0.494 e. The molecule has 0 bridgehead atoms. The molecule has 0 amide bonds. The fourth-order valence-electron chi connectivity index (χ4n) is 0.962. The maximum atomic E-state index is 13.2. The molecular formula is C9H11ClFNO. The molecule has 1 rings (SSSR count). The molecule has 4 heteroatoms. The lowest BCUT2D eigenvalue weighted by Crippen LogP contribution is -2.14. The third kappa shape index (κ3) is 2.25. The Bertz CT molecular complexity index is 293. The number of benzene rings is 1. The summed E-state index contributed by atoms with van der Waals surface area (Å²) in [6.07, 6.45) is 0. The van der Waals surface area contributed by atoms with Crippen LogP contribution in [0.4, 0.5) is 10.1 Å². The minimum absolute atomic E-state index is 0.242. The van der Waals surface area contributed by atoms with Crippen LogP contribution in [0, 0.1) is 5.82 Å². The normalized spacial score (nSPS) is 9.85. The number of halogens is 2. The van der Waals surface area contributed by atoms with Crippen molar-refractivity contribution in [1.29, 1.82) is 0 Å². The highest BCUT2D eigenvalue weighted by Crippen LogP contribution is 2.22. The molecule has 0 atom stereocenters. The molecule has 0 aromatic heterocycles. The molecule has 0 spiro atoms. The van der Waals surface area contributed by atoms with Crippen LogP contribution in [0.15, 0.2) is 18.2 Å². The number of alkyl halides is 1. The molecule has 1 aromatic carbocycles. The van der Waals surface area contributed by atoms with Crippen LogP contribution >= 0.6 is 11.6 Å². The van der Waals surface area contributed by atoms with Gasteiger partial charge in [0.25, 0.3) is 0 Å². The molecule has 0 heterocycles. The van der Waals surface area contributed by atoms with Gasteiger partial charge in [-0.1, -0.05) is 0 Å². The van der Waals surface area contributed by atoms with E-state index < -0.39 is 0 Å². The summed E-state index contributed by atoms with van der Waals surface area (Å²) in [6, 6.07) is 5.05. The first-order chi connectivity index (χ1) is 6.19. The molecule has 0 aliphatic heterocycles. The van der Waals surface area contributed by atoms with E-state index in [1.54, 1.807) is 24.1 Å². The molecule has 0 aliphatic rings. The van der Waals surface area contributed by atoms with Crippen LogP contribution in [0.2, 0.25) is 0 Å². The van der Waals surface area contributed by atoms with Gasteiger partial charge >= 0.3 is 0 Å². The lowest BCUT2D eigenvalue weighted by molar-refractivity contribution is 0.386. The summed E-state index contributed by atoms with van der Waals surface area (Å²) in [7, 11) is 3.22. The summed E-state index contributed by atoms with van der Waals surface area (Å²) < 4.78 is 17.9. The molecule has 0 saturated heterocycles. The van der Waals surface area contributed by atoms with Crippen molar-refractivity contribution in [3.05, 3.63) is 24.0 Å². The quantitative estimate of drug-likeness (QED) is 0.553. The van der Waals surface area contributed by atoms with E-state index in [1.165, 1.54) is 13.2 Å².